The fourth-order valence-electron chi connectivity index (χ4n) is 5.00. The van der Waals surface area contributed by atoms with Crippen molar-refractivity contribution in [1.29, 1.82) is 0 Å². The lowest BCUT2D eigenvalue weighted by atomic mass is 10.0. The zero-order valence-corrected chi connectivity index (χ0v) is 25.4. The zero-order chi connectivity index (χ0) is 33.5. The molecule has 4 N–H and O–H groups in total. The second kappa shape index (κ2) is 14.5. The predicted octanol–water partition coefficient (Wildman–Crippen LogP) is 5.42. The molecule has 5 aromatic rings. The number of nitrogens with zero attached hydrogens (tertiary/aromatic N) is 2. The molecule has 4 aromatic carbocycles. The van der Waals surface area contributed by atoms with Crippen molar-refractivity contribution in [2.75, 3.05) is 7.11 Å². The maximum atomic E-state index is 15.3. The van der Waals surface area contributed by atoms with Gasteiger partial charge in [-0.3, -0.25) is 13.9 Å². The average molecular weight is 630 g/mol. The van der Waals surface area contributed by atoms with E-state index in [2.05, 4.69) is 0 Å². The topological polar surface area (TPSA) is 137 Å². The molecule has 11 heteroatoms. The number of ether oxygens (including phenoxy) is 1. The summed E-state index contributed by atoms with van der Waals surface area (Å²) in [6.45, 7) is 3.01. The standard InChI is InChI=1S/C28H27F2N3O3.C7H6O3/c1-17-9-7-13-22(29)21(17)15-32-18(2)25(20-12-8-14-24(36-3)26(20)30)27(34)33(28(32)35)16-23(31)19-10-5-4-6-11-19;8-6-4-2-1-3-5(6)7(9)10/h4-14,23H,15-16,31H2,1-3H3;1-4,8H,(H,9,10)/t23-;/m0./s1. The van der Waals surface area contributed by atoms with Gasteiger partial charge in [-0.05, 0) is 49.2 Å². The number of nitrogens with two attached hydrogens (primary N) is 1. The number of aromatic nitrogens is 2. The van der Waals surface area contributed by atoms with Crippen LogP contribution in [0.25, 0.3) is 11.1 Å². The first kappa shape index (κ1) is 33.3. The number of carboxylic acids is 1. The van der Waals surface area contributed by atoms with Crippen molar-refractivity contribution in [1.82, 2.24) is 9.13 Å². The van der Waals surface area contributed by atoms with Gasteiger partial charge in [0.05, 0.1) is 25.8 Å². The van der Waals surface area contributed by atoms with E-state index in [0.717, 1.165) is 10.1 Å². The molecule has 1 aromatic heterocycles. The fourth-order valence-corrected chi connectivity index (χ4v) is 5.00. The van der Waals surface area contributed by atoms with Gasteiger partial charge in [0.25, 0.3) is 5.56 Å². The molecule has 0 bridgehead atoms. The molecule has 238 valence electrons. The van der Waals surface area contributed by atoms with Gasteiger partial charge >= 0.3 is 11.7 Å². The third-order valence-electron chi connectivity index (χ3n) is 7.55. The van der Waals surface area contributed by atoms with Crippen LogP contribution in [0.15, 0.2) is 101 Å². The molecule has 0 aliphatic rings. The number of para-hydroxylation sites is 1. The van der Waals surface area contributed by atoms with E-state index in [-0.39, 0.29) is 47.0 Å². The first-order valence-corrected chi connectivity index (χ1v) is 14.2. The van der Waals surface area contributed by atoms with Crippen molar-refractivity contribution < 1.29 is 28.5 Å². The smallest absolute Gasteiger partial charge is 0.339 e. The van der Waals surface area contributed by atoms with Crippen molar-refractivity contribution in [3.05, 3.63) is 151 Å². The highest BCUT2D eigenvalue weighted by molar-refractivity contribution is 5.90. The Balaban J connectivity index is 0.000000409. The van der Waals surface area contributed by atoms with Crippen molar-refractivity contribution in [2.45, 2.75) is 33.0 Å². The number of halogens is 2. The molecule has 0 spiro atoms. The maximum Gasteiger partial charge on any atom is 0.339 e. The van der Waals surface area contributed by atoms with Gasteiger partial charge < -0.3 is 20.7 Å². The Morgan fingerprint density at radius 3 is 2.15 bits per heavy atom. The van der Waals surface area contributed by atoms with Crippen LogP contribution in [0.5, 0.6) is 11.5 Å². The van der Waals surface area contributed by atoms with Crippen molar-refractivity contribution >= 4 is 5.97 Å². The van der Waals surface area contributed by atoms with E-state index in [9.17, 15) is 18.8 Å². The van der Waals surface area contributed by atoms with Crippen LogP contribution in [0.2, 0.25) is 0 Å². The molecule has 0 saturated heterocycles. The minimum atomic E-state index is -1.11. The lowest BCUT2D eigenvalue weighted by Gasteiger charge is -2.21. The molecule has 0 unspecified atom stereocenters. The second-order valence-electron chi connectivity index (χ2n) is 10.4. The van der Waals surface area contributed by atoms with E-state index in [4.69, 9.17) is 20.7 Å². The van der Waals surface area contributed by atoms with Crippen LogP contribution in [-0.2, 0) is 13.1 Å². The first-order valence-electron chi connectivity index (χ1n) is 14.2. The quantitative estimate of drug-likeness (QED) is 0.209. The number of carbonyl (C=O) groups is 1. The molecule has 0 saturated carbocycles. The van der Waals surface area contributed by atoms with Crippen LogP contribution < -0.4 is 21.7 Å². The fraction of sp³-hybridized carbons (Fsp3) is 0.171. The number of rotatable bonds is 8. The van der Waals surface area contributed by atoms with Crippen LogP contribution >= 0.6 is 0 Å². The summed E-state index contributed by atoms with van der Waals surface area (Å²) in [7, 11) is 1.33. The second-order valence-corrected chi connectivity index (χ2v) is 10.4. The molecule has 1 heterocycles. The van der Waals surface area contributed by atoms with E-state index in [1.54, 1.807) is 56.3 Å². The largest absolute Gasteiger partial charge is 0.507 e. The van der Waals surface area contributed by atoms with E-state index < -0.39 is 34.9 Å². The number of hydrogen-bond donors (Lipinski definition) is 3. The third kappa shape index (κ3) is 7.05. The maximum absolute atomic E-state index is 15.3. The van der Waals surface area contributed by atoms with Crippen molar-refractivity contribution in [2.24, 2.45) is 5.73 Å². The molecule has 0 amide bonds. The normalized spacial score (nSPS) is 11.3. The van der Waals surface area contributed by atoms with Gasteiger partial charge in [0, 0.05) is 22.9 Å². The lowest BCUT2D eigenvalue weighted by Crippen LogP contribution is -2.44. The molecule has 0 aliphatic carbocycles. The van der Waals surface area contributed by atoms with Crippen LogP contribution in [0.4, 0.5) is 8.78 Å². The van der Waals surface area contributed by atoms with Gasteiger partial charge in [-0.25, -0.2) is 18.4 Å². The Bertz CT molecular complexity index is 1970. The average Bonchev–Trinajstić information content (AvgIpc) is 3.04. The highest BCUT2D eigenvalue weighted by Gasteiger charge is 2.24. The summed E-state index contributed by atoms with van der Waals surface area (Å²) in [4.78, 5) is 37.6. The minimum absolute atomic E-state index is 0.0137. The summed E-state index contributed by atoms with van der Waals surface area (Å²) in [5.74, 6) is -2.56. The van der Waals surface area contributed by atoms with Gasteiger partial charge in [0.15, 0.2) is 11.6 Å². The van der Waals surface area contributed by atoms with Crippen LogP contribution in [0.1, 0.15) is 38.8 Å². The summed E-state index contributed by atoms with van der Waals surface area (Å²) < 4.78 is 37.4. The van der Waals surface area contributed by atoms with Crippen LogP contribution in [0, 0.1) is 25.5 Å². The Morgan fingerprint density at radius 2 is 1.54 bits per heavy atom. The number of aromatic carboxylic acids is 1. The highest BCUT2D eigenvalue weighted by Crippen LogP contribution is 2.29. The summed E-state index contributed by atoms with van der Waals surface area (Å²) >= 11 is 0. The molecule has 46 heavy (non-hydrogen) atoms. The molecular formula is C35H33F2N3O6. The number of methoxy groups -OCH3 is 1. The number of carboxylic acid groups (broad SMARTS) is 1. The number of phenols is 1. The number of benzene rings is 4. The number of aromatic hydroxyl groups is 1. The Morgan fingerprint density at radius 1 is 0.891 bits per heavy atom. The zero-order valence-electron chi connectivity index (χ0n) is 25.4. The van der Waals surface area contributed by atoms with Gasteiger partial charge in [0.2, 0.25) is 0 Å². The third-order valence-corrected chi connectivity index (χ3v) is 7.55. The van der Waals surface area contributed by atoms with Gasteiger partial charge in [-0.1, -0.05) is 66.7 Å². The molecule has 1 atom stereocenters. The van der Waals surface area contributed by atoms with E-state index >= 15 is 4.39 Å². The summed E-state index contributed by atoms with van der Waals surface area (Å²) in [5.41, 5.74) is 6.82. The SMILES string of the molecule is COc1cccc(-c2c(C)n(Cc3c(C)cccc3F)c(=O)n(C[C@H](N)c3ccccc3)c2=O)c1F.O=C(O)c1ccccc1O. The minimum Gasteiger partial charge on any atom is -0.507 e. The van der Waals surface area contributed by atoms with Crippen molar-refractivity contribution in [3.63, 3.8) is 0 Å². The summed E-state index contributed by atoms with van der Waals surface area (Å²) in [6.07, 6.45) is 0. The number of hydrogen-bond acceptors (Lipinski definition) is 6. The molecule has 0 aliphatic heterocycles. The van der Waals surface area contributed by atoms with Crippen molar-refractivity contribution in [3.8, 4) is 22.6 Å². The molecule has 5 rings (SSSR count). The molecule has 0 fully saturated rings. The molecule has 0 radical (unpaired) electrons. The van der Waals surface area contributed by atoms with E-state index in [1.165, 1.54) is 42.0 Å². The van der Waals surface area contributed by atoms with Gasteiger partial charge in [-0.15, -0.1) is 0 Å². The van der Waals surface area contributed by atoms with Crippen LogP contribution in [-0.4, -0.2) is 32.4 Å². The monoisotopic (exact) mass is 629 g/mol. The van der Waals surface area contributed by atoms with Gasteiger partial charge in [-0.2, -0.15) is 0 Å². The molecule has 9 nitrogen and oxygen atoms in total. The summed E-state index contributed by atoms with van der Waals surface area (Å²) in [6, 6.07) is 23.3. The van der Waals surface area contributed by atoms with E-state index in [1.807, 2.05) is 18.2 Å². The lowest BCUT2D eigenvalue weighted by molar-refractivity contribution is 0.0693. The Kier molecular flexibility index (Phi) is 10.5. The predicted molar refractivity (Wildman–Crippen MR) is 170 cm³/mol. The van der Waals surface area contributed by atoms with Crippen LogP contribution in [0.3, 0.4) is 0 Å². The highest BCUT2D eigenvalue weighted by atomic mass is 19.1. The van der Waals surface area contributed by atoms with E-state index in [0.29, 0.717) is 11.1 Å². The Hall–Kier alpha value is -5.55. The number of aryl methyl sites for hydroxylation is 1. The first-order chi connectivity index (χ1) is 22.0. The molecular weight excluding hydrogens is 596 g/mol. The summed E-state index contributed by atoms with van der Waals surface area (Å²) in [5, 5.41) is 17.3. The van der Waals surface area contributed by atoms with Gasteiger partial charge in [0.1, 0.15) is 17.1 Å². The Labute approximate surface area is 263 Å².